The number of hydrogen-bond donors (Lipinski definition) is 1. The standard InChI is InChI=1S/C14H23N3S/c1-3-5-9-17(10-6-4-2)13-11-12(14(15)18)7-8-16-13/h7-8,11H,3-6,9-10H2,1-2H3,(H2,15,18). The normalized spacial score (nSPS) is 10.3. The van der Waals surface area contributed by atoms with Gasteiger partial charge in [0.2, 0.25) is 0 Å². The van der Waals surface area contributed by atoms with E-state index >= 15 is 0 Å². The first-order valence-electron chi connectivity index (χ1n) is 6.69. The van der Waals surface area contributed by atoms with Crippen molar-refractivity contribution < 1.29 is 0 Å². The third-order valence-electron chi connectivity index (χ3n) is 2.92. The van der Waals surface area contributed by atoms with Crippen LogP contribution in [0.25, 0.3) is 0 Å². The van der Waals surface area contributed by atoms with Gasteiger partial charge >= 0.3 is 0 Å². The molecule has 3 nitrogen and oxygen atoms in total. The highest BCUT2D eigenvalue weighted by molar-refractivity contribution is 7.80. The van der Waals surface area contributed by atoms with Gasteiger partial charge in [0.15, 0.2) is 0 Å². The molecule has 2 N–H and O–H groups in total. The summed E-state index contributed by atoms with van der Waals surface area (Å²) in [5.74, 6) is 0.988. The van der Waals surface area contributed by atoms with E-state index in [1.807, 2.05) is 12.1 Å². The summed E-state index contributed by atoms with van der Waals surface area (Å²) >= 11 is 5.01. The lowest BCUT2D eigenvalue weighted by Gasteiger charge is -2.23. The predicted octanol–water partition coefficient (Wildman–Crippen LogP) is 3.12. The molecule has 1 rings (SSSR count). The van der Waals surface area contributed by atoms with E-state index in [0.717, 1.165) is 24.5 Å². The summed E-state index contributed by atoms with van der Waals surface area (Å²) in [4.78, 5) is 7.20. The molecule has 0 fully saturated rings. The Bertz CT molecular complexity index is 371. The van der Waals surface area contributed by atoms with Gasteiger partial charge in [0.25, 0.3) is 0 Å². The number of hydrogen-bond acceptors (Lipinski definition) is 3. The van der Waals surface area contributed by atoms with E-state index in [2.05, 4.69) is 23.7 Å². The molecule has 0 aliphatic carbocycles. The highest BCUT2D eigenvalue weighted by Crippen LogP contribution is 2.14. The van der Waals surface area contributed by atoms with E-state index in [1.165, 1.54) is 25.7 Å². The number of unbranched alkanes of at least 4 members (excludes halogenated alkanes) is 2. The van der Waals surface area contributed by atoms with Crippen LogP contribution in [0, 0.1) is 0 Å². The number of thiocarbonyl (C=S) groups is 1. The predicted molar refractivity (Wildman–Crippen MR) is 82.2 cm³/mol. The van der Waals surface area contributed by atoms with Gasteiger partial charge in [0, 0.05) is 24.8 Å². The molecule has 0 unspecified atom stereocenters. The smallest absolute Gasteiger partial charge is 0.129 e. The highest BCUT2D eigenvalue weighted by atomic mass is 32.1. The Morgan fingerprint density at radius 1 is 1.28 bits per heavy atom. The topological polar surface area (TPSA) is 42.1 Å². The van der Waals surface area contributed by atoms with Crippen LogP contribution in [0.2, 0.25) is 0 Å². The largest absolute Gasteiger partial charge is 0.389 e. The zero-order chi connectivity index (χ0) is 13.4. The zero-order valence-corrected chi connectivity index (χ0v) is 12.2. The van der Waals surface area contributed by atoms with Gasteiger partial charge in [0.1, 0.15) is 10.8 Å². The maximum atomic E-state index is 5.67. The summed E-state index contributed by atoms with van der Waals surface area (Å²) < 4.78 is 0. The van der Waals surface area contributed by atoms with Crippen LogP contribution in [0.15, 0.2) is 18.3 Å². The first kappa shape index (κ1) is 14.9. The Morgan fingerprint density at radius 2 is 1.89 bits per heavy atom. The molecule has 4 heteroatoms. The number of pyridine rings is 1. The summed E-state index contributed by atoms with van der Waals surface area (Å²) in [6.07, 6.45) is 6.54. The molecule has 1 aromatic heterocycles. The van der Waals surface area contributed by atoms with Crippen molar-refractivity contribution >= 4 is 23.0 Å². The van der Waals surface area contributed by atoms with Crippen molar-refractivity contribution in [2.24, 2.45) is 5.73 Å². The van der Waals surface area contributed by atoms with Gasteiger partial charge in [-0.2, -0.15) is 0 Å². The van der Waals surface area contributed by atoms with Gasteiger partial charge < -0.3 is 10.6 Å². The second-order valence-corrected chi connectivity index (χ2v) is 4.90. The third kappa shape index (κ3) is 4.61. The van der Waals surface area contributed by atoms with Crippen LogP contribution >= 0.6 is 12.2 Å². The average Bonchev–Trinajstić information content (AvgIpc) is 2.39. The van der Waals surface area contributed by atoms with Crippen molar-refractivity contribution in [3.8, 4) is 0 Å². The lowest BCUT2D eigenvalue weighted by atomic mass is 10.2. The van der Waals surface area contributed by atoms with Crippen molar-refractivity contribution in [3.05, 3.63) is 23.9 Å². The van der Waals surface area contributed by atoms with Crippen molar-refractivity contribution in [2.75, 3.05) is 18.0 Å². The molecule has 1 aromatic rings. The van der Waals surface area contributed by atoms with Gasteiger partial charge in [-0.25, -0.2) is 4.98 Å². The second-order valence-electron chi connectivity index (χ2n) is 4.46. The van der Waals surface area contributed by atoms with Crippen LogP contribution in [0.1, 0.15) is 45.1 Å². The van der Waals surface area contributed by atoms with Gasteiger partial charge in [-0.1, -0.05) is 38.9 Å². The maximum absolute atomic E-state index is 5.67. The zero-order valence-electron chi connectivity index (χ0n) is 11.4. The average molecular weight is 265 g/mol. The van der Waals surface area contributed by atoms with E-state index in [9.17, 15) is 0 Å². The fourth-order valence-corrected chi connectivity index (χ4v) is 1.91. The minimum absolute atomic E-state index is 0.435. The van der Waals surface area contributed by atoms with Crippen LogP contribution in [0.4, 0.5) is 5.82 Å². The van der Waals surface area contributed by atoms with Crippen LogP contribution in [0.5, 0.6) is 0 Å². The van der Waals surface area contributed by atoms with E-state index in [4.69, 9.17) is 18.0 Å². The summed E-state index contributed by atoms with van der Waals surface area (Å²) in [6.45, 7) is 6.50. The number of aromatic nitrogens is 1. The van der Waals surface area contributed by atoms with Crippen molar-refractivity contribution in [2.45, 2.75) is 39.5 Å². The van der Waals surface area contributed by atoms with E-state index in [0.29, 0.717) is 4.99 Å². The number of anilines is 1. The molecular formula is C14H23N3S. The lowest BCUT2D eigenvalue weighted by Crippen LogP contribution is -2.27. The fraction of sp³-hybridized carbons (Fsp3) is 0.571. The fourth-order valence-electron chi connectivity index (χ4n) is 1.78. The number of nitrogens with zero attached hydrogens (tertiary/aromatic N) is 2. The van der Waals surface area contributed by atoms with E-state index in [-0.39, 0.29) is 0 Å². The van der Waals surface area contributed by atoms with Gasteiger partial charge in [-0.3, -0.25) is 0 Å². The molecule has 0 saturated heterocycles. The van der Waals surface area contributed by atoms with Crippen LogP contribution in [-0.4, -0.2) is 23.1 Å². The molecule has 18 heavy (non-hydrogen) atoms. The maximum Gasteiger partial charge on any atom is 0.129 e. The molecule has 1 heterocycles. The Balaban J connectivity index is 2.82. The van der Waals surface area contributed by atoms with Crippen LogP contribution in [-0.2, 0) is 0 Å². The van der Waals surface area contributed by atoms with Gasteiger partial charge in [-0.05, 0) is 25.0 Å². The summed E-state index contributed by atoms with van der Waals surface area (Å²) in [5.41, 5.74) is 6.56. The minimum atomic E-state index is 0.435. The van der Waals surface area contributed by atoms with Crippen molar-refractivity contribution in [1.29, 1.82) is 0 Å². The summed E-state index contributed by atoms with van der Waals surface area (Å²) in [6, 6.07) is 3.86. The molecule has 0 radical (unpaired) electrons. The van der Waals surface area contributed by atoms with Gasteiger partial charge in [-0.15, -0.1) is 0 Å². The van der Waals surface area contributed by atoms with E-state index < -0.39 is 0 Å². The Kier molecular flexibility index (Phi) is 6.65. The molecule has 0 amide bonds. The van der Waals surface area contributed by atoms with Crippen molar-refractivity contribution in [3.63, 3.8) is 0 Å². The first-order chi connectivity index (χ1) is 8.69. The molecule has 100 valence electrons. The molecule has 0 atom stereocenters. The molecular weight excluding hydrogens is 242 g/mol. The van der Waals surface area contributed by atoms with Crippen LogP contribution < -0.4 is 10.6 Å². The number of nitrogens with two attached hydrogens (primary N) is 1. The highest BCUT2D eigenvalue weighted by Gasteiger charge is 2.08. The Hall–Kier alpha value is -1.16. The molecule has 0 spiro atoms. The quantitative estimate of drug-likeness (QED) is 0.733. The Morgan fingerprint density at radius 3 is 2.39 bits per heavy atom. The van der Waals surface area contributed by atoms with E-state index in [1.54, 1.807) is 6.20 Å². The first-order valence-corrected chi connectivity index (χ1v) is 7.10. The molecule has 0 aliphatic rings. The minimum Gasteiger partial charge on any atom is -0.389 e. The molecule has 0 saturated carbocycles. The molecule has 0 aliphatic heterocycles. The second kappa shape index (κ2) is 8.03. The monoisotopic (exact) mass is 265 g/mol. The van der Waals surface area contributed by atoms with Crippen molar-refractivity contribution in [1.82, 2.24) is 4.98 Å². The molecule has 0 bridgehead atoms. The summed E-state index contributed by atoms with van der Waals surface area (Å²) in [7, 11) is 0. The number of rotatable bonds is 8. The summed E-state index contributed by atoms with van der Waals surface area (Å²) in [5, 5.41) is 0. The molecule has 0 aromatic carbocycles. The van der Waals surface area contributed by atoms with Gasteiger partial charge in [0.05, 0.1) is 0 Å². The Labute approximate surface area is 115 Å². The van der Waals surface area contributed by atoms with Crippen LogP contribution in [0.3, 0.4) is 0 Å². The lowest BCUT2D eigenvalue weighted by molar-refractivity contribution is 0.671. The third-order valence-corrected chi connectivity index (χ3v) is 3.15. The SMILES string of the molecule is CCCCN(CCCC)c1cc(C(N)=S)ccn1.